The van der Waals surface area contributed by atoms with Gasteiger partial charge in [0.25, 0.3) is 0 Å². The maximum atomic E-state index is 14.3. The van der Waals surface area contributed by atoms with Crippen LogP contribution in [-0.2, 0) is 23.8 Å². The molecule has 0 aromatic heterocycles. The van der Waals surface area contributed by atoms with Crippen LogP contribution >= 0.6 is 0 Å². The number of hydrogen-bond donors (Lipinski definition) is 3. The molecule has 0 amide bonds. The van der Waals surface area contributed by atoms with E-state index in [0.29, 0.717) is 17.8 Å². The van der Waals surface area contributed by atoms with Crippen LogP contribution in [0.4, 0.5) is 13.2 Å². The number of fused-ring (bicyclic) bond motifs is 2. The Hall–Kier alpha value is -2.37. The molecule has 9 atom stereocenters. The van der Waals surface area contributed by atoms with E-state index in [1.54, 1.807) is 20.8 Å². The zero-order valence-corrected chi connectivity index (χ0v) is 24.0. The van der Waals surface area contributed by atoms with Crippen molar-refractivity contribution in [3.05, 3.63) is 35.9 Å². The second-order valence-corrected chi connectivity index (χ2v) is 12.3. The molecule has 226 valence electrons. The van der Waals surface area contributed by atoms with Crippen LogP contribution < -0.4 is 5.73 Å². The van der Waals surface area contributed by atoms with Crippen molar-refractivity contribution in [2.24, 2.45) is 34.8 Å². The van der Waals surface area contributed by atoms with Gasteiger partial charge in [-0.05, 0) is 56.1 Å². The number of nitrogens with two attached hydrogens (primary N) is 1. The van der Waals surface area contributed by atoms with E-state index in [2.05, 4.69) is 6.58 Å². The molecule has 2 saturated heterocycles. The SMILES string of the molecule is C=C(C)O/C=C(N)/C=C(\C)[C@@H]1CC2OC2(C(F)(F)F)CC2CC2[C@H](C)[C@H](O)[C@@H](C)C(=O)C(C)(C)[C@@H](O)CC(=O)O1. The lowest BCUT2D eigenvalue weighted by Gasteiger charge is -2.34. The maximum Gasteiger partial charge on any atom is 0.420 e. The largest absolute Gasteiger partial charge is 0.468 e. The van der Waals surface area contributed by atoms with Gasteiger partial charge < -0.3 is 30.2 Å². The number of esters is 1. The van der Waals surface area contributed by atoms with E-state index in [9.17, 15) is 33.0 Å². The zero-order chi connectivity index (χ0) is 30.4. The monoisotopic (exact) mass is 573 g/mol. The van der Waals surface area contributed by atoms with Crippen molar-refractivity contribution < 1.29 is 47.2 Å². The van der Waals surface area contributed by atoms with Crippen LogP contribution in [-0.4, -0.2) is 58.2 Å². The van der Waals surface area contributed by atoms with E-state index < -0.39 is 71.6 Å². The molecule has 3 fully saturated rings. The summed E-state index contributed by atoms with van der Waals surface area (Å²) in [6, 6.07) is 0. The molecule has 2 aliphatic heterocycles. The standard InChI is InChI=1S/C29H42F3NO7/c1-14(2)38-13-19(33)8-15(3)21-10-23-28(40-23,29(30,31)32)12-18-9-20(18)16(4)25(36)17(5)26(37)27(6,7)22(34)11-24(35)39-21/h8,13,16-18,20-23,25,34,36H,1,9-12,33H2,2-7H3/b15-8+,19-13-/t16-,17+,18?,20?,21-,22-,23?,25-,28?/m0/s1. The number of carbonyl (C=O) groups is 2. The minimum Gasteiger partial charge on any atom is -0.468 e. The van der Waals surface area contributed by atoms with E-state index in [1.807, 2.05) is 0 Å². The first-order valence-corrected chi connectivity index (χ1v) is 13.6. The van der Waals surface area contributed by atoms with Gasteiger partial charge in [0, 0.05) is 12.3 Å². The summed E-state index contributed by atoms with van der Waals surface area (Å²) in [5.74, 6) is -2.87. The fourth-order valence-electron chi connectivity index (χ4n) is 5.86. The summed E-state index contributed by atoms with van der Waals surface area (Å²) in [5.41, 5.74) is 2.63. The minimum atomic E-state index is -4.66. The number of epoxide rings is 1. The molecule has 1 saturated carbocycles. The van der Waals surface area contributed by atoms with Crippen molar-refractivity contribution in [1.82, 2.24) is 0 Å². The zero-order valence-electron chi connectivity index (χ0n) is 24.0. The molecule has 0 spiro atoms. The Morgan fingerprint density at radius 3 is 2.38 bits per heavy atom. The number of ketones is 1. The molecule has 8 nitrogen and oxygen atoms in total. The fraction of sp³-hybridized carbons (Fsp3) is 0.724. The Labute approximate surface area is 233 Å². The van der Waals surface area contributed by atoms with Gasteiger partial charge in [-0.15, -0.1) is 0 Å². The number of hydrogen-bond acceptors (Lipinski definition) is 8. The fourth-order valence-corrected chi connectivity index (χ4v) is 5.86. The molecule has 4 unspecified atom stereocenters. The number of allylic oxidation sites excluding steroid dienone is 2. The van der Waals surface area contributed by atoms with Gasteiger partial charge >= 0.3 is 12.1 Å². The Kier molecular flexibility index (Phi) is 9.23. The van der Waals surface area contributed by atoms with E-state index >= 15 is 0 Å². The van der Waals surface area contributed by atoms with Gasteiger partial charge in [0.15, 0.2) is 5.60 Å². The molecule has 11 heteroatoms. The van der Waals surface area contributed by atoms with Crippen LogP contribution in [0.2, 0.25) is 0 Å². The van der Waals surface area contributed by atoms with Gasteiger partial charge in [0.05, 0.1) is 35.5 Å². The third-order valence-corrected chi connectivity index (χ3v) is 8.81. The molecule has 0 aromatic carbocycles. The number of alkyl halides is 3. The Morgan fingerprint density at radius 2 is 1.80 bits per heavy atom. The van der Waals surface area contributed by atoms with Gasteiger partial charge in [-0.3, -0.25) is 9.59 Å². The lowest BCUT2D eigenvalue weighted by molar-refractivity contribution is -0.187. The Bertz CT molecular complexity index is 1070. The molecule has 0 radical (unpaired) electrons. The molecule has 3 aliphatic rings. The average Bonchev–Trinajstić information content (AvgIpc) is 3.76. The summed E-state index contributed by atoms with van der Waals surface area (Å²) < 4.78 is 59.1. The van der Waals surface area contributed by atoms with Gasteiger partial charge in [0.2, 0.25) is 0 Å². The predicted octanol–water partition coefficient (Wildman–Crippen LogP) is 4.30. The number of carbonyl (C=O) groups excluding carboxylic acids is 2. The third-order valence-electron chi connectivity index (χ3n) is 8.81. The normalized spacial score (nSPS) is 39.5. The van der Waals surface area contributed by atoms with Gasteiger partial charge in [-0.1, -0.05) is 34.3 Å². The summed E-state index contributed by atoms with van der Waals surface area (Å²) >= 11 is 0. The predicted molar refractivity (Wildman–Crippen MR) is 140 cm³/mol. The topological polar surface area (TPSA) is 132 Å². The molecular formula is C29H42F3NO7. The van der Waals surface area contributed by atoms with Crippen molar-refractivity contribution >= 4 is 11.8 Å². The summed E-state index contributed by atoms with van der Waals surface area (Å²) in [4.78, 5) is 26.2. The quantitative estimate of drug-likeness (QED) is 0.196. The van der Waals surface area contributed by atoms with Crippen LogP contribution in [0.3, 0.4) is 0 Å². The van der Waals surface area contributed by atoms with Crippen molar-refractivity contribution in [3.8, 4) is 0 Å². The van der Waals surface area contributed by atoms with Crippen LogP contribution in [0, 0.1) is 29.1 Å². The second kappa shape index (κ2) is 11.5. The molecule has 4 N–H and O–H groups in total. The molecule has 40 heavy (non-hydrogen) atoms. The summed E-state index contributed by atoms with van der Waals surface area (Å²) in [6.45, 7) is 13.0. The molecule has 2 heterocycles. The summed E-state index contributed by atoms with van der Waals surface area (Å²) in [7, 11) is 0. The first-order chi connectivity index (χ1) is 18.3. The number of aliphatic hydroxyl groups is 2. The van der Waals surface area contributed by atoms with Gasteiger partial charge in [0.1, 0.15) is 24.3 Å². The van der Waals surface area contributed by atoms with E-state index in [1.165, 1.54) is 33.1 Å². The van der Waals surface area contributed by atoms with E-state index in [0.717, 1.165) is 0 Å². The van der Waals surface area contributed by atoms with Crippen molar-refractivity contribution in [1.29, 1.82) is 0 Å². The lowest BCUT2D eigenvalue weighted by atomic mass is 9.72. The number of cyclic esters (lactones) is 1. The highest BCUT2D eigenvalue weighted by Gasteiger charge is 2.74. The molecule has 0 aromatic rings. The van der Waals surface area contributed by atoms with Gasteiger partial charge in [-0.25, -0.2) is 0 Å². The molecule has 1 aliphatic carbocycles. The highest BCUT2D eigenvalue weighted by atomic mass is 19.4. The second-order valence-electron chi connectivity index (χ2n) is 12.3. The van der Waals surface area contributed by atoms with Crippen LogP contribution in [0.1, 0.15) is 67.2 Å². The molecule has 0 bridgehead atoms. The van der Waals surface area contributed by atoms with Crippen molar-refractivity contribution in [3.63, 3.8) is 0 Å². The van der Waals surface area contributed by atoms with Crippen molar-refractivity contribution in [2.45, 2.75) is 103 Å². The summed E-state index contributed by atoms with van der Waals surface area (Å²) in [6.07, 6.45) is -7.69. The highest BCUT2D eigenvalue weighted by molar-refractivity contribution is 5.88. The first-order valence-electron chi connectivity index (χ1n) is 13.6. The first kappa shape index (κ1) is 32.1. The number of halogens is 3. The van der Waals surface area contributed by atoms with E-state index in [-0.39, 0.29) is 30.4 Å². The number of ether oxygens (including phenoxy) is 3. The van der Waals surface area contributed by atoms with E-state index in [4.69, 9.17) is 19.9 Å². The Morgan fingerprint density at radius 1 is 1.18 bits per heavy atom. The molecular weight excluding hydrogens is 531 g/mol. The summed E-state index contributed by atoms with van der Waals surface area (Å²) in [5, 5.41) is 21.8. The highest BCUT2D eigenvalue weighted by Crippen LogP contribution is 2.61. The Balaban J connectivity index is 1.96. The van der Waals surface area contributed by atoms with Crippen LogP contribution in [0.15, 0.2) is 35.9 Å². The average molecular weight is 574 g/mol. The number of rotatable bonds is 4. The van der Waals surface area contributed by atoms with Gasteiger partial charge in [-0.2, -0.15) is 13.2 Å². The minimum absolute atomic E-state index is 0.122. The number of aliphatic hydroxyl groups excluding tert-OH is 2. The third kappa shape index (κ3) is 6.74. The maximum absolute atomic E-state index is 14.3. The lowest BCUT2D eigenvalue weighted by Crippen LogP contribution is -2.46. The number of Topliss-reactive ketones (excluding diaryl/α,β-unsaturated/α-hetero) is 1. The smallest absolute Gasteiger partial charge is 0.420 e. The van der Waals surface area contributed by atoms with Crippen molar-refractivity contribution in [2.75, 3.05) is 0 Å². The van der Waals surface area contributed by atoms with Crippen LogP contribution in [0.25, 0.3) is 0 Å². The molecule has 3 rings (SSSR count). The van der Waals surface area contributed by atoms with Crippen LogP contribution in [0.5, 0.6) is 0 Å².